The Bertz CT molecular complexity index is 908. The van der Waals surface area contributed by atoms with Crippen LogP contribution in [-0.4, -0.2) is 29.2 Å². The molecular weight excluding hydrogens is 386 g/mol. The summed E-state index contributed by atoms with van der Waals surface area (Å²) in [6.45, 7) is 7.23. The van der Waals surface area contributed by atoms with Gasteiger partial charge < -0.3 is 9.47 Å². The number of imide groups is 1. The fraction of sp³-hybridized carbons (Fsp3) is 0.304. The molecule has 29 heavy (non-hydrogen) atoms. The van der Waals surface area contributed by atoms with Crippen LogP contribution in [0, 0.1) is 5.92 Å². The predicted octanol–water partition coefficient (Wildman–Crippen LogP) is 5.36. The van der Waals surface area contributed by atoms with Gasteiger partial charge in [-0.05, 0) is 53.9 Å². The molecule has 1 aliphatic heterocycles. The largest absolute Gasteiger partial charge is 0.490 e. The van der Waals surface area contributed by atoms with Gasteiger partial charge in [0.15, 0.2) is 11.5 Å². The SMILES string of the molecule is CCOc1cc(/C=C2\SC(=O)N(CC(C)C)C2=O)ccc1OCc1ccccc1. The second-order valence-corrected chi connectivity index (χ2v) is 8.09. The second-order valence-electron chi connectivity index (χ2n) is 7.10. The number of rotatable bonds is 8. The van der Waals surface area contributed by atoms with Crippen LogP contribution in [0.2, 0.25) is 0 Å². The molecular formula is C23H25NO4S. The van der Waals surface area contributed by atoms with Crippen molar-refractivity contribution in [1.82, 2.24) is 4.90 Å². The van der Waals surface area contributed by atoms with Gasteiger partial charge in [0.2, 0.25) is 0 Å². The molecule has 2 aromatic rings. The van der Waals surface area contributed by atoms with Crippen LogP contribution < -0.4 is 9.47 Å². The minimum Gasteiger partial charge on any atom is -0.490 e. The van der Waals surface area contributed by atoms with Crippen LogP contribution >= 0.6 is 11.8 Å². The first kappa shape index (κ1) is 21.0. The van der Waals surface area contributed by atoms with Crippen LogP contribution in [0.25, 0.3) is 6.08 Å². The van der Waals surface area contributed by atoms with Gasteiger partial charge in [-0.2, -0.15) is 0 Å². The smallest absolute Gasteiger partial charge is 0.293 e. The van der Waals surface area contributed by atoms with Gasteiger partial charge >= 0.3 is 0 Å². The van der Waals surface area contributed by atoms with Crippen LogP contribution in [0.15, 0.2) is 53.4 Å². The average Bonchev–Trinajstić information content (AvgIpc) is 2.95. The van der Waals surface area contributed by atoms with E-state index in [9.17, 15) is 9.59 Å². The molecule has 0 radical (unpaired) electrons. The fourth-order valence-corrected chi connectivity index (χ4v) is 3.76. The highest BCUT2D eigenvalue weighted by atomic mass is 32.2. The van der Waals surface area contributed by atoms with E-state index in [1.165, 1.54) is 4.90 Å². The van der Waals surface area contributed by atoms with Crippen molar-refractivity contribution in [3.8, 4) is 11.5 Å². The fourth-order valence-electron chi connectivity index (χ4n) is 2.91. The summed E-state index contributed by atoms with van der Waals surface area (Å²) in [5.41, 5.74) is 1.86. The number of benzene rings is 2. The molecule has 0 aromatic heterocycles. The lowest BCUT2D eigenvalue weighted by molar-refractivity contribution is -0.123. The quantitative estimate of drug-likeness (QED) is 0.548. The molecule has 3 rings (SSSR count). The topological polar surface area (TPSA) is 55.8 Å². The molecule has 0 spiro atoms. The standard InChI is InChI=1S/C23H25NO4S/c1-4-27-20-12-18(10-11-19(20)28-15-17-8-6-5-7-9-17)13-21-22(25)24(14-16(2)3)23(26)29-21/h5-13,16H,4,14-15H2,1-3H3/b21-13-. The number of ether oxygens (including phenoxy) is 2. The highest BCUT2D eigenvalue weighted by molar-refractivity contribution is 8.18. The molecule has 0 atom stereocenters. The van der Waals surface area contributed by atoms with Gasteiger partial charge in [0.1, 0.15) is 6.61 Å². The zero-order valence-electron chi connectivity index (χ0n) is 16.9. The number of carbonyl (C=O) groups excluding carboxylic acids is 2. The van der Waals surface area contributed by atoms with Crippen molar-refractivity contribution in [2.24, 2.45) is 5.92 Å². The lowest BCUT2D eigenvalue weighted by Gasteiger charge is -2.14. The normalized spacial score (nSPS) is 15.4. The van der Waals surface area contributed by atoms with Crippen molar-refractivity contribution in [2.45, 2.75) is 27.4 Å². The Kier molecular flexibility index (Phi) is 6.99. The molecule has 2 aromatic carbocycles. The molecule has 1 aliphatic rings. The van der Waals surface area contributed by atoms with E-state index in [-0.39, 0.29) is 17.1 Å². The first-order chi connectivity index (χ1) is 14.0. The van der Waals surface area contributed by atoms with E-state index >= 15 is 0 Å². The van der Waals surface area contributed by atoms with E-state index in [4.69, 9.17) is 9.47 Å². The lowest BCUT2D eigenvalue weighted by Crippen LogP contribution is -2.31. The van der Waals surface area contributed by atoms with Gasteiger partial charge in [-0.25, -0.2) is 0 Å². The summed E-state index contributed by atoms with van der Waals surface area (Å²) in [5.74, 6) is 1.24. The maximum absolute atomic E-state index is 12.6. The van der Waals surface area contributed by atoms with Crippen LogP contribution in [0.5, 0.6) is 11.5 Å². The molecule has 0 bridgehead atoms. The Labute approximate surface area is 175 Å². The number of amides is 2. The summed E-state index contributed by atoms with van der Waals surface area (Å²) in [4.78, 5) is 26.4. The van der Waals surface area contributed by atoms with Crippen molar-refractivity contribution < 1.29 is 19.1 Å². The number of nitrogens with zero attached hydrogens (tertiary/aromatic N) is 1. The zero-order chi connectivity index (χ0) is 20.8. The van der Waals surface area contributed by atoms with Gasteiger partial charge in [0.05, 0.1) is 11.5 Å². The van der Waals surface area contributed by atoms with E-state index < -0.39 is 0 Å². The molecule has 0 aliphatic carbocycles. The van der Waals surface area contributed by atoms with Gasteiger partial charge in [-0.3, -0.25) is 14.5 Å². The Morgan fingerprint density at radius 2 is 1.79 bits per heavy atom. The van der Waals surface area contributed by atoms with Crippen LogP contribution in [0.1, 0.15) is 31.9 Å². The van der Waals surface area contributed by atoms with Gasteiger partial charge in [0, 0.05) is 6.54 Å². The highest BCUT2D eigenvalue weighted by Gasteiger charge is 2.35. The van der Waals surface area contributed by atoms with Crippen LogP contribution in [0.3, 0.4) is 0 Å². The third kappa shape index (κ3) is 5.41. The summed E-state index contributed by atoms with van der Waals surface area (Å²) >= 11 is 0.976. The monoisotopic (exact) mass is 411 g/mol. The average molecular weight is 412 g/mol. The first-order valence-electron chi connectivity index (χ1n) is 9.67. The first-order valence-corrected chi connectivity index (χ1v) is 10.5. The minimum atomic E-state index is -0.240. The third-order valence-corrected chi connectivity index (χ3v) is 5.13. The van der Waals surface area contributed by atoms with Crippen molar-refractivity contribution in [3.63, 3.8) is 0 Å². The Balaban J connectivity index is 1.78. The molecule has 2 amide bonds. The van der Waals surface area contributed by atoms with E-state index in [0.717, 1.165) is 22.9 Å². The molecule has 5 nitrogen and oxygen atoms in total. The summed E-state index contributed by atoms with van der Waals surface area (Å²) in [6.07, 6.45) is 1.73. The van der Waals surface area contributed by atoms with Gasteiger partial charge in [0.25, 0.3) is 11.1 Å². The maximum Gasteiger partial charge on any atom is 0.293 e. The highest BCUT2D eigenvalue weighted by Crippen LogP contribution is 2.35. The zero-order valence-corrected chi connectivity index (χ0v) is 17.7. The van der Waals surface area contributed by atoms with Crippen LogP contribution in [0.4, 0.5) is 4.79 Å². The Hall–Kier alpha value is -2.73. The predicted molar refractivity (Wildman–Crippen MR) is 116 cm³/mol. The van der Waals surface area contributed by atoms with Crippen LogP contribution in [-0.2, 0) is 11.4 Å². The van der Waals surface area contributed by atoms with Gasteiger partial charge in [-0.15, -0.1) is 0 Å². The summed E-state index contributed by atoms with van der Waals surface area (Å²) < 4.78 is 11.6. The summed E-state index contributed by atoms with van der Waals surface area (Å²) in [5, 5.41) is -0.220. The number of carbonyl (C=O) groups is 2. The number of hydrogen-bond donors (Lipinski definition) is 0. The van der Waals surface area contributed by atoms with Crippen molar-refractivity contribution in [2.75, 3.05) is 13.2 Å². The maximum atomic E-state index is 12.6. The molecule has 1 fully saturated rings. The van der Waals surface area contributed by atoms with E-state index in [0.29, 0.717) is 36.2 Å². The lowest BCUT2D eigenvalue weighted by atomic mass is 10.1. The van der Waals surface area contributed by atoms with E-state index in [1.807, 2.05) is 69.3 Å². The molecule has 152 valence electrons. The van der Waals surface area contributed by atoms with E-state index in [1.54, 1.807) is 6.08 Å². The number of thioether (sulfide) groups is 1. The third-order valence-electron chi connectivity index (χ3n) is 4.22. The summed E-state index contributed by atoms with van der Waals surface area (Å²) in [6, 6.07) is 15.4. The van der Waals surface area contributed by atoms with Gasteiger partial charge in [-0.1, -0.05) is 50.2 Å². The molecule has 1 saturated heterocycles. The van der Waals surface area contributed by atoms with Crippen molar-refractivity contribution in [3.05, 3.63) is 64.6 Å². The molecule has 0 saturated carbocycles. The molecule has 6 heteroatoms. The minimum absolute atomic E-state index is 0.220. The summed E-state index contributed by atoms with van der Waals surface area (Å²) in [7, 11) is 0. The van der Waals surface area contributed by atoms with Crippen molar-refractivity contribution >= 4 is 29.0 Å². The van der Waals surface area contributed by atoms with Crippen molar-refractivity contribution in [1.29, 1.82) is 0 Å². The molecule has 0 N–H and O–H groups in total. The number of hydrogen-bond acceptors (Lipinski definition) is 5. The molecule has 1 heterocycles. The Morgan fingerprint density at radius 3 is 2.48 bits per heavy atom. The molecule has 0 unspecified atom stereocenters. The van der Waals surface area contributed by atoms with E-state index in [2.05, 4.69) is 0 Å². The second kappa shape index (κ2) is 9.65. The Morgan fingerprint density at radius 1 is 1.03 bits per heavy atom.